The van der Waals surface area contributed by atoms with E-state index in [9.17, 15) is 15.0 Å². The first-order chi connectivity index (χ1) is 11.6. The van der Waals surface area contributed by atoms with Crippen LogP contribution in [0.4, 0.5) is 0 Å². The van der Waals surface area contributed by atoms with Crippen LogP contribution in [-0.4, -0.2) is 33.5 Å². The Morgan fingerprint density at radius 1 is 0.792 bits per heavy atom. The number of hydrogen-bond acceptors (Lipinski definition) is 3. The standard InChI is InChI=1S/C20H34O4/c1-2-3-4-5-6-9-13-18(21)14-10-7-8-11-15-19(22)16-12-17-20(23)24/h7-8,10-11,14-15,18-19,21-22H,2-6,9,12-13,16-17H2,1H3,(H,23,24)/b8-7+,14-10+,15-11-/t18-,19-/m1/s1. The minimum absolute atomic E-state index is 0.0833. The van der Waals surface area contributed by atoms with Crippen LogP contribution in [0.3, 0.4) is 0 Å². The van der Waals surface area contributed by atoms with E-state index >= 15 is 0 Å². The van der Waals surface area contributed by atoms with Crippen molar-refractivity contribution in [2.45, 2.75) is 83.3 Å². The third kappa shape index (κ3) is 17.0. The molecule has 0 fully saturated rings. The van der Waals surface area contributed by atoms with E-state index in [0.29, 0.717) is 12.8 Å². The van der Waals surface area contributed by atoms with Gasteiger partial charge in [0.1, 0.15) is 0 Å². The molecule has 138 valence electrons. The molecule has 4 nitrogen and oxygen atoms in total. The summed E-state index contributed by atoms with van der Waals surface area (Å²) in [4.78, 5) is 10.4. The average molecular weight is 338 g/mol. The molecule has 4 heteroatoms. The summed E-state index contributed by atoms with van der Waals surface area (Å²) >= 11 is 0. The van der Waals surface area contributed by atoms with Gasteiger partial charge in [-0.3, -0.25) is 4.79 Å². The molecule has 0 radical (unpaired) electrons. The van der Waals surface area contributed by atoms with Gasteiger partial charge in [-0.15, -0.1) is 0 Å². The molecule has 0 amide bonds. The fourth-order valence-electron chi connectivity index (χ4n) is 2.30. The quantitative estimate of drug-likeness (QED) is 0.306. The summed E-state index contributed by atoms with van der Waals surface area (Å²) < 4.78 is 0. The summed E-state index contributed by atoms with van der Waals surface area (Å²) in [5.74, 6) is -0.837. The zero-order chi connectivity index (χ0) is 18.0. The molecular weight excluding hydrogens is 304 g/mol. The SMILES string of the molecule is CCCCCCCC[C@@H](O)/C=C/C=C/C=C\[C@@H](O)CCCC(=O)O. The third-order valence-electron chi connectivity index (χ3n) is 3.74. The normalized spacial score (nSPS) is 14.8. The highest BCUT2D eigenvalue weighted by Crippen LogP contribution is 2.09. The highest BCUT2D eigenvalue weighted by atomic mass is 16.4. The van der Waals surface area contributed by atoms with Gasteiger partial charge in [0.05, 0.1) is 12.2 Å². The first kappa shape index (κ1) is 22.6. The molecule has 0 saturated carbocycles. The number of carboxylic acids is 1. The second-order valence-corrected chi connectivity index (χ2v) is 6.13. The van der Waals surface area contributed by atoms with Gasteiger partial charge in [0.25, 0.3) is 0 Å². The van der Waals surface area contributed by atoms with Crippen LogP contribution in [-0.2, 0) is 4.79 Å². The number of aliphatic hydroxyl groups excluding tert-OH is 2. The van der Waals surface area contributed by atoms with Gasteiger partial charge >= 0.3 is 5.97 Å². The molecule has 0 rings (SSSR count). The van der Waals surface area contributed by atoms with Gasteiger partial charge in [0.15, 0.2) is 0 Å². The van der Waals surface area contributed by atoms with Crippen molar-refractivity contribution in [2.75, 3.05) is 0 Å². The largest absolute Gasteiger partial charge is 0.481 e. The molecule has 3 N–H and O–H groups in total. The van der Waals surface area contributed by atoms with Crippen molar-refractivity contribution in [3.05, 3.63) is 36.5 Å². The van der Waals surface area contributed by atoms with E-state index in [-0.39, 0.29) is 6.42 Å². The Labute approximate surface area is 146 Å². The van der Waals surface area contributed by atoms with E-state index in [1.807, 2.05) is 12.2 Å². The Balaban J connectivity index is 3.70. The number of hydrogen-bond donors (Lipinski definition) is 3. The maximum Gasteiger partial charge on any atom is 0.303 e. The number of aliphatic hydroxyl groups is 2. The summed E-state index contributed by atoms with van der Waals surface area (Å²) in [6.07, 6.45) is 18.7. The van der Waals surface area contributed by atoms with Crippen molar-refractivity contribution in [3.63, 3.8) is 0 Å². The highest BCUT2D eigenvalue weighted by Gasteiger charge is 2.01. The number of aliphatic carboxylic acids is 1. The van der Waals surface area contributed by atoms with Crippen molar-refractivity contribution in [2.24, 2.45) is 0 Å². The van der Waals surface area contributed by atoms with Crippen LogP contribution in [0.15, 0.2) is 36.5 Å². The molecule has 0 aliphatic heterocycles. The van der Waals surface area contributed by atoms with Gasteiger partial charge in [0.2, 0.25) is 0 Å². The lowest BCUT2D eigenvalue weighted by Gasteiger charge is -2.04. The third-order valence-corrected chi connectivity index (χ3v) is 3.74. The Morgan fingerprint density at radius 3 is 1.83 bits per heavy atom. The van der Waals surface area contributed by atoms with Gasteiger partial charge in [-0.1, -0.05) is 81.9 Å². The van der Waals surface area contributed by atoms with Crippen molar-refractivity contribution < 1.29 is 20.1 Å². The van der Waals surface area contributed by atoms with Crippen LogP contribution < -0.4 is 0 Å². The lowest BCUT2D eigenvalue weighted by atomic mass is 10.1. The second kappa shape index (κ2) is 16.5. The number of carbonyl (C=O) groups is 1. The first-order valence-electron chi connectivity index (χ1n) is 9.15. The zero-order valence-corrected chi connectivity index (χ0v) is 14.9. The van der Waals surface area contributed by atoms with Gasteiger partial charge in [-0.05, 0) is 19.3 Å². The zero-order valence-electron chi connectivity index (χ0n) is 14.9. The van der Waals surface area contributed by atoms with E-state index in [0.717, 1.165) is 12.8 Å². The van der Waals surface area contributed by atoms with Crippen LogP contribution >= 0.6 is 0 Å². The van der Waals surface area contributed by atoms with E-state index in [1.54, 1.807) is 24.3 Å². The minimum Gasteiger partial charge on any atom is -0.481 e. The molecule has 0 saturated heterocycles. The Morgan fingerprint density at radius 2 is 1.29 bits per heavy atom. The summed E-state index contributed by atoms with van der Waals surface area (Å²) in [5, 5.41) is 27.9. The van der Waals surface area contributed by atoms with Crippen molar-refractivity contribution in [3.8, 4) is 0 Å². The smallest absolute Gasteiger partial charge is 0.303 e. The monoisotopic (exact) mass is 338 g/mol. The van der Waals surface area contributed by atoms with Crippen molar-refractivity contribution in [1.29, 1.82) is 0 Å². The van der Waals surface area contributed by atoms with Crippen LogP contribution in [0.2, 0.25) is 0 Å². The Bertz CT molecular complexity index is 385. The molecular formula is C20H34O4. The van der Waals surface area contributed by atoms with Gasteiger partial charge in [0, 0.05) is 6.42 Å². The molecule has 0 aliphatic rings. The number of carboxylic acid groups (broad SMARTS) is 1. The topological polar surface area (TPSA) is 77.8 Å². The lowest BCUT2D eigenvalue weighted by molar-refractivity contribution is -0.137. The van der Waals surface area contributed by atoms with E-state index in [4.69, 9.17) is 5.11 Å². The predicted molar refractivity (Wildman–Crippen MR) is 98.9 cm³/mol. The molecule has 24 heavy (non-hydrogen) atoms. The van der Waals surface area contributed by atoms with Crippen LogP contribution in [0.5, 0.6) is 0 Å². The van der Waals surface area contributed by atoms with E-state index in [2.05, 4.69) is 6.92 Å². The van der Waals surface area contributed by atoms with Crippen LogP contribution in [0.25, 0.3) is 0 Å². The summed E-state index contributed by atoms with van der Waals surface area (Å²) in [5.41, 5.74) is 0. The molecule has 2 atom stereocenters. The predicted octanol–water partition coefficient (Wildman–Crippen LogP) is 4.38. The molecule has 0 aromatic carbocycles. The van der Waals surface area contributed by atoms with Gasteiger partial charge in [-0.2, -0.15) is 0 Å². The number of unbranched alkanes of at least 4 members (excludes halogenated alkanes) is 5. The fourth-order valence-corrected chi connectivity index (χ4v) is 2.30. The van der Waals surface area contributed by atoms with Crippen LogP contribution in [0.1, 0.15) is 71.1 Å². The maximum atomic E-state index is 10.4. The fraction of sp³-hybridized carbons (Fsp3) is 0.650. The average Bonchev–Trinajstić information content (AvgIpc) is 2.53. The first-order valence-corrected chi connectivity index (χ1v) is 9.15. The number of allylic oxidation sites excluding steroid dienone is 4. The summed E-state index contributed by atoms with van der Waals surface area (Å²) in [6, 6.07) is 0. The van der Waals surface area contributed by atoms with Gasteiger partial charge < -0.3 is 15.3 Å². The summed E-state index contributed by atoms with van der Waals surface area (Å²) in [6.45, 7) is 2.21. The molecule has 0 aliphatic carbocycles. The Kier molecular flexibility index (Phi) is 15.5. The molecule has 0 aromatic rings. The van der Waals surface area contributed by atoms with Crippen molar-refractivity contribution >= 4 is 5.97 Å². The van der Waals surface area contributed by atoms with Gasteiger partial charge in [-0.25, -0.2) is 0 Å². The molecule has 0 heterocycles. The molecule has 0 aromatic heterocycles. The lowest BCUT2D eigenvalue weighted by Crippen LogP contribution is -2.03. The molecule has 0 unspecified atom stereocenters. The summed E-state index contributed by atoms with van der Waals surface area (Å²) in [7, 11) is 0. The van der Waals surface area contributed by atoms with E-state index < -0.39 is 18.2 Å². The Hall–Kier alpha value is -1.39. The molecule has 0 bridgehead atoms. The highest BCUT2D eigenvalue weighted by molar-refractivity contribution is 5.66. The maximum absolute atomic E-state index is 10.4. The van der Waals surface area contributed by atoms with E-state index in [1.165, 1.54) is 32.1 Å². The minimum atomic E-state index is -0.837. The van der Waals surface area contributed by atoms with Crippen LogP contribution in [0, 0.1) is 0 Å². The number of rotatable bonds is 15. The van der Waals surface area contributed by atoms with Crippen molar-refractivity contribution in [1.82, 2.24) is 0 Å². The second-order valence-electron chi connectivity index (χ2n) is 6.13. The molecule has 0 spiro atoms.